The maximum atomic E-state index is 13.7. The molecule has 0 aliphatic carbocycles. The van der Waals surface area contributed by atoms with E-state index in [1.807, 2.05) is 0 Å². The molecule has 0 heterocycles. The van der Waals surface area contributed by atoms with Gasteiger partial charge in [-0.1, -0.05) is 29.6 Å². The van der Waals surface area contributed by atoms with Crippen LogP contribution < -0.4 is 17.0 Å². The molecule has 2 aromatic rings. The van der Waals surface area contributed by atoms with Crippen molar-refractivity contribution in [3.63, 3.8) is 0 Å². The zero-order chi connectivity index (χ0) is 21.6. The van der Waals surface area contributed by atoms with Crippen molar-refractivity contribution in [2.24, 2.45) is 11.6 Å². The molecule has 2 aromatic carbocycles. The molecule has 0 unspecified atom stereocenters. The molecule has 7 nitrogen and oxygen atoms in total. The zero-order valence-electron chi connectivity index (χ0n) is 16.1. The largest absolute Gasteiger partial charge is 0.465 e. The first kappa shape index (κ1) is 29.7. The van der Waals surface area contributed by atoms with Crippen LogP contribution in [0, 0.1) is 11.2 Å². The molecule has 0 fully saturated rings. The van der Waals surface area contributed by atoms with E-state index < -0.39 is 15.7 Å². The Morgan fingerprint density at radius 3 is 2.45 bits per heavy atom. The van der Waals surface area contributed by atoms with Gasteiger partial charge in [-0.3, -0.25) is 10.8 Å². The molecule has 0 aromatic heterocycles. The van der Waals surface area contributed by atoms with Crippen LogP contribution >= 0.6 is 60.6 Å². The van der Waals surface area contributed by atoms with Crippen LogP contribution in [0.1, 0.15) is 11.1 Å². The second kappa shape index (κ2) is 13.3. The fraction of sp³-hybridized carbons (Fsp3) is 0.176. The Hall–Kier alpha value is -1.28. The lowest BCUT2D eigenvalue weighted by Crippen LogP contribution is -2.30. The summed E-state index contributed by atoms with van der Waals surface area (Å²) in [5.74, 6) is 5.09. The van der Waals surface area contributed by atoms with Crippen molar-refractivity contribution in [1.82, 2.24) is 5.43 Å². The minimum Gasteiger partial charge on any atom is -0.465 e. The van der Waals surface area contributed by atoms with Gasteiger partial charge in [0.25, 0.3) is 5.17 Å². The Morgan fingerprint density at radius 2 is 1.87 bits per heavy atom. The number of benzene rings is 2. The van der Waals surface area contributed by atoms with Crippen LogP contribution in [0.15, 0.2) is 51.1 Å². The van der Waals surface area contributed by atoms with Gasteiger partial charge in [-0.15, -0.1) is 24.8 Å². The van der Waals surface area contributed by atoms with Gasteiger partial charge in [0, 0.05) is 27.4 Å². The van der Waals surface area contributed by atoms with Gasteiger partial charge < -0.3 is 10.5 Å². The van der Waals surface area contributed by atoms with Crippen molar-refractivity contribution in [1.29, 1.82) is 5.41 Å². The number of nitrogens with two attached hydrogens (primary N) is 2. The molecule has 0 saturated carbocycles. The summed E-state index contributed by atoms with van der Waals surface area (Å²) < 4.78 is 43.0. The van der Waals surface area contributed by atoms with Gasteiger partial charge in [0.05, 0.1) is 4.90 Å². The van der Waals surface area contributed by atoms with Crippen LogP contribution in [0.3, 0.4) is 0 Å². The summed E-state index contributed by atoms with van der Waals surface area (Å²) in [6.07, 6.45) is 1.12. The van der Waals surface area contributed by atoms with E-state index in [1.54, 1.807) is 12.1 Å². The highest BCUT2D eigenvalue weighted by Gasteiger charge is 2.15. The normalized spacial score (nSPS) is 10.4. The number of rotatable bonds is 7. The van der Waals surface area contributed by atoms with Crippen molar-refractivity contribution in [3.05, 3.63) is 53.3 Å². The summed E-state index contributed by atoms with van der Waals surface area (Å²) in [5.41, 5.74) is 8.91. The average molecular weight is 548 g/mol. The number of halogens is 3. The number of hydrogen-bond donors (Lipinski definition) is 4. The summed E-state index contributed by atoms with van der Waals surface area (Å²) in [5, 5.41) is 7.27. The molecule has 31 heavy (non-hydrogen) atoms. The Morgan fingerprint density at radius 1 is 1.19 bits per heavy atom. The van der Waals surface area contributed by atoms with E-state index in [0.29, 0.717) is 26.7 Å². The van der Waals surface area contributed by atoms with E-state index in [1.165, 1.54) is 36.0 Å². The van der Waals surface area contributed by atoms with Crippen LogP contribution in [-0.2, 0) is 26.9 Å². The molecule has 0 aliphatic heterocycles. The fourth-order valence-electron chi connectivity index (χ4n) is 2.20. The van der Waals surface area contributed by atoms with Crippen LogP contribution in [-0.4, -0.2) is 25.0 Å². The third-order valence-corrected chi connectivity index (χ3v) is 6.90. The quantitative estimate of drug-likeness (QED) is 0.135. The number of thiocarbonyl (C=S) groups is 1. The lowest BCUT2D eigenvalue weighted by molar-refractivity contribution is 0.284. The molecule has 6 N–H and O–H groups in total. The summed E-state index contributed by atoms with van der Waals surface area (Å²) in [6, 6.07) is 8.92. The van der Waals surface area contributed by atoms with Crippen LogP contribution in [0.2, 0.25) is 0 Å². The molecule has 0 amide bonds. The topological polar surface area (TPSA) is 131 Å². The first-order valence-electron chi connectivity index (χ1n) is 7.99. The van der Waals surface area contributed by atoms with Crippen molar-refractivity contribution in [2.75, 3.05) is 6.26 Å². The van der Waals surface area contributed by atoms with Crippen molar-refractivity contribution in [3.8, 4) is 0 Å². The Kier molecular flexibility index (Phi) is 12.8. The van der Waals surface area contributed by atoms with Crippen LogP contribution in [0.4, 0.5) is 4.39 Å². The molecule has 14 heteroatoms. The number of sulfone groups is 1. The van der Waals surface area contributed by atoms with E-state index in [9.17, 15) is 12.8 Å². The molecule has 0 aliphatic rings. The standard InChI is InChI=1S/C17H19FN4O3S4.2ClH/c1-29(23,24)13-4-2-10(8-25-17(26)22-21)15(7-13)28-14-5-3-12(18)6-11(14)9-27-16(19)20;;/h2-7H,8-9,21H2,1H3,(H3,19,20)(H,22,26);2*1H. The van der Waals surface area contributed by atoms with Crippen molar-refractivity contribution < 1.29 is 17.5 Å². The zero-order valence-corrected chi connectivity index (χ0v) is 21.0. The lowest BCUT2D eigenvalue weighted by atomic mass is 10.2. The van der Waals surface area contributed by atoms with Crippen molar-refractivity contribution in [2.45, 2.75) is 27.0 Å². The summed E-state index contributed by atoms with van der Waals surface area (Å²) in [7, 11) is -3.43. The predicted octanol–water partition coefficient (Wildman–Crippen LogP) is 3.62. The molecule has 172 valence electrons. The van der Waals surface area contributed by atoms with Gasteiger partial charge in [0.2, 0.25) is 0 Å². The molecular weight excluding hydrogens is 526 g/mol. The predicted molar refractivity (Wildman–Crippen MR) is 132 cm³/mol. The molecule has 0 radical (unpaired) electrons. The first-order valence-corrected chi connectivity index (χ1v) is 12.1. The maximum Gasteiger partial charge on any atom is 0.271 e. The van der Waals surface area contributed by atoms with Crippen LogP contribution in [0.5, 0.6) is 0 Å². The van der Waals surface area contributed by atoms with Gasteiger partial charge in [0.15, 0.2) is 15.0 Å². The van der Waals surface area contributed by atoms with Gasteiger partial charge in [-0.05, 0) is 48.1 Å². The average Bonchev–Trinajstić information content (AvgIpc) is 2.65. The second-order valence-electron chi connectivity index (χ2n) is 5.77. The molecule has 0 spiro atoms. The molecule has 2 rings (SSSR count). The Labute approximate surface area is 206 Å². The molecule has 0 bridgehead atoms. The molecular formula is C17H21Cl2FN4O3S4. The SMILES string of the molecule is CS(=O)(=O)c1ccc(COC(=S)NN)c(Sc2ccc(F)cc2CSC(=N)N)c1.Cl.Cl. The van der Waals surface area contributed by atoms with E-state index in [-0.39, 0.29) is 46.7 Å². The molecule has 0 atom stereocenters. The number of hydrogen-bond acceptors (Lipinski definition) is 8. The highest BCUT2D eigenvalue weighted by atomic mass is 35.5. The number of ether oxygens (including phenoxy) is 1. The fourth-order valence-corrected chi connectivity index (χ4v) is 4.70. The monoisotopic (exact) mass is 546 g/mol. The maximum absolute atomic E-state index is 13.7. The lowest BCUT2D eigenvalue weighted by Gasteiger charge is -2.14. The highest BCUT2D eigenvalue weighted by molar-refractivity contribution is 8.13. The van der Waals surface area contributed by atoms with E-state index in [4.69, 9.17) is 33.9 Å². The van der Waals surface area contributed by atoms with Crippen molar-refractivity contribution >= 4 is 80.7 Å². The first-order chi connectivity index (χ1) is 13.6. The number of thioether (sulfide) groups is 1. The Bertz CT molecular complexity index is 1040. The molecule has 0 saturated heterocycles. The second-order valence-corrected chi connectivity index (χ2v) is 10.3. The van der Waals surface area contributed by atoms with E-state index >= 15 is 0 Å². The Balaban J connectivity index is 0.00000450. The number of hydrazine groups is 1. The van der Waals surface area contributed by atoms with Gasteiger partial charge in [0.1, 0.15) is 12.4 Å². The van der Waals surface area contributed by atoms with Crippen LogP contribution in [0.25, 0.3) is 0 Å². The summed E-state index contributed by atoms with van der Waals surface area (Å²) >= 11 is 7.20. The number of amidine groups is 1. The minimum atomic E-state index is -3.43. The third kappa shape index (κ3) is 9.39. The third-order valence-electron chi connectivity index (χ3n) is 3.57. The minimum absolute atomic E-state index is 0. The van der Waals surface area contributed by atoms with Gasteiger partial charge in [-0.25, -0.2) is 18.7 Å². The number of nitrogens with one attached hydrogen (secondary N) is 2. The van der Waals surface area contributed by atoms with E-state index in [2.05, 4.69) is 5.43 Å². The highest BCUT2D eigenvalue weighted by Crippen LogP contribution is 2.36. The van der Waals surface area contributed by atoms with E-state index in [0.717, 1.165) is 18.0 Å². The summed E-state index contributed by atoms with van der Waals surface area (Å²) in [6.45, 7) is 0.0636. The summed E-state index contributed by atoms with van der Waals surface area (Å²) in [4.78, 5) is 1.45. The van der Waals surface area contributed by atoms with Gasteiger partial charge >= 0.3 is 0 Å². The van der Waals surface area contributed by atoms with Gasteiger partial charge in [-0.2, -0.15) is 0 Å². The smallest absolute Gasteiger partial charge is 0.271 e.